The molecule has 168 valence electrons. The van der Waals surface area contributed by atoms with Gasteiger partial charge in [0.05, 0.1) is 39.8 Å². The predicted octanol–water partition coefficient (Wildman–Crippen LogP) is 4.36. The first-order valence-corrected chi connectivity index (χ1v) is 12.1. The van der Waals surface area contributed by atoms with Crippen molar-refractivity contribution < 1.29 is 9.59 Å². The summed E-state index contributed by atoms with van der Waals surface area (Å²) in [6.45, 7) is 12.0. The molecule has 0 radical (unpaired) electrons. The quantitative estimate of drug-likeness (QED) is 0.614. The molecule has 32 heavy (non-hydrogen) atoms. The lowest BCUT2D eigenvalue weighted by Crippen LogP contribution is -2.60. The molecule has 6 nitrogen and oxygen atoms in total. The molecule has 3 fully saturated rings. The fourth-order valence-electron chi connectivity index (χ4n) is 5.99. The van der Waals surface area contributed by atoms with Gasteiger partial charge < -0.3 is 5.32 Å². The number of hydrogen-bond donors (Lipinski definition) is 1. The molecule has 0 spiro atoms. The number of carbonyl (C=O) groups is 2. The van der Waals surface area contributed by atoms with Gasteiger partial charge in [-0.05, 0) is 64.1 Å². The first kappa shape index (κ1) is 21.4. The zero-order chi connectivity index (χ0) is 22.8. The number of nitrogens with one attached hydrogen (secondary N) is 1. The Labute approximate surface area is 197 Å². The maximum atomic E-state index is 12.6. The molecule has 0 aromatic heterocycles. The van der Waals surface area contributed by atoms with E-state index in [1.807, 2.05) is 6.21 Å². The highest BCUT2D eigenvalue weighted by Crippen LogP contribution is 2.61. The zero-order valence-corrected chi connectivity index (χ0v) is 20.4. The number of halogens is 1. The molecule has 2 amide bonds. The van der Waals surface area contributed by atoms with Crippen molar-refractivity contribution in [3.8, 4) is 0 Å². The number of fused-ring (bicyclic) bond motifs is 3. The Morgan fingerprint density at radius 2 is 1.81 bits per heavy atom. The largest absolute Gasteiger partial charge is 0.380 e. The van der Waals surface area contributed by atoms with Crippen LogP contribution in [0.25, 0.3) is 0 Å². The van der Waals surface area contributed by atoms with E-state index in [0.29, 0.717) is 35.0 Å². The van der Waals surface area contributed by atoms with Crippen molar-refractivity contribution >= 4 is 34.0 Å². The minimum Gasteiger partial charge on any atom is -0.380 e. The third-order valence-corrected chi connectivity index (χ3v) is 9.12. The highest BCUT2D eigenvalue weighted by Gasteiger charge is 2.56. The number of hydrazone groups is 1. The summed E-state index contributed by atoms with van der Waals surface area (Å²) >= 11 is 3.69. The third kappa shape index (κ3) is 3.16. The SMILES string of the molecule is C=C1C(Br)=C(N[C@@H]2C[C@@H]3C[C@H](C2C)C3(C)C)C=NN1CCN1C(=O)c2ccccc2C1=O. The van der Waals surface area contributed by atoms with Crippen LogP contribution in [0.1, 0.15) is 54.3 Å². The summed E-state index contributed by atoms with van der Waals surface area (Å²) in [6.07, 6.45) is 4.34. The van der Waals surface area contributed by atoms with Gasteiger partial charge in [0.2, 0.25) is 0 Å². The predicted molar refractivity (Wildman–Crippen MR) is 128 cm³/mol. The molecule has 0 saturated heterocycles. The van der Waals surface area contributed by atoms with Crippen molar-refractivity contribution in [1.82, 2.24) is 15.2 Å². The van der Waals surface area contributed by atoms with Crippen LogP contribution in [-0.4, -0.2) is 47.1 Å². The van der Waals surface area contributed by atoms with Crippen molar-refractivity contribution in [2.75, 3.05) is 13.1 Å². The maximum Gasteiger partial charge on any atom is 0.261 e. The second-order valence-corrected chi connectivity index (χ2v) is 10.8. The number of imide groups is 1. The molecule has 6 rings (SSSR count). The van der Waals surface area contributed by atoms with Crippen molar-refractivity contribution in [1.29, 1.82) is 0 Å². The van der Waals surface area contributed by atoms with Gasteiger partial charge in [-0.25, -0.2) is 0 Å². The highest BCUT2D eigenvalue weighted by atomic mass is 79.9. The molecular formula is C25H29BrN4O2. The summed E-state index contributed by atoms with van der Waals surface area (Å²) in [5.41, 5.74) is 3.06. The van der Waals surface area contributed by atoms with E-state index >= 15 is 0 Å². The zero-order valence-electron chi connectivity index (χ0n) is 18.8. The van der Waals surface area contributed by atoms with Gasteiger partial charge in [0.1, 0.15) is 0 Å². The molecule has 4 atom stereocenters. The molecule has 2 aliphatic heterocycles. The fraction of sp³-hybridized carbons (Fsp3) is 0.480. The molecular weight excluding hydrogens is 468 g/mol. The molecule has 1 aromatic carbocycles. The van der Waals surface area contributed by atoms with E-state index in [-0.39, 0.29) is 18.4 Å². The first-order chi connectivity index (χ1) is 15.2. The Kier molecular flexibility index (Phi) is 5.08. The Bertz CT molecular complexity index is 1040. The van der Waals surface area contributed by atoms with Gasteiger partial charge >= 0.3 is 0 Å². The summed E-state index contributed by atoms with van der Waals surface area (Å²) < 4.78 is 0.876. The Balaban J connectivity index is 1.22. The summed E-state index contributed by atoms with van der Waals surface area (Å²) in [7, 11) is 0. The number of carbonyl (C=O) groups excluding carboxylic acids is 2. The maximum absolute atomic E-state index is 12.6. The number of hydrogen-bond acceptors (Lipinski definition) is 5. The molecule has 1 aromatic rings. The average molecular weight is 497 g/mol. The van der Waals surface area contributed by atoms with Gasteiger partial charge in [0.15, 0.2) is 0 Å². The van der Waals surface area contributed by atoms with Gasteiger partial charge in [-0.2, -0.15) is 5.10 Å². The summed E-state index contributed by atoms with van der Waals surface area (Å²) in [4.78, 5) is 26.5. The van der Waals surface area contributed by atoms with Crippen molar-refractivity contribution in [2.45, 2.75) is 39.7 Å². The van der Waals surface area contributed by atoms with Crippen LogP contribution >= 0.6 is 15.9 Å². The van der Waals surface area contributed by atoms with Crippen molar-refractivity contribution in [3.63, 3.8) is 0 Å². The second-order valence-electron chi connectivity index (χ2n) is 10.1. The molecule has 7 heteroatoms. The lowest BCUT2D eigenvalue weighted by molar-refractivity contribution is -0.113. The van der Waals surface area contributed by atoms with Crippen LogP contribution in [0.3, 0.4) is 0 Å². The normalized spacial score (nSPS) is 30.6. The standard InChI is InChI=1S/C25H29BrN4O2/c1-14-19-11-16(25(19,3)4)12-20(14)28-21-13-27-30(15(2)22(21)26)10-9-29-23(31)17-7-5-6-8-18(17)24(29)32/h5-8,13-14,16,19-20,28H,2,9-12H2,1,3-4H3/t14?,16-,19+,20+/m0/s1. The molecule has 3 saturated carbocycles. The van der Waals surface area contributed by atoms with Crippen LogP contribution < -0.4 is 5.32 Å². The number of rotatable bonds is 5. The third-order valence-electron chi connectivity index (χ3n) is 8.24. The lowest BCUT2D eigenvalue weighted by Gasteiger charge is -2.62. The molecule has 2 bridgehead atoms. The van der Waals surface area contributed by atoms with Crippen molar-refractivity contribution in [3.05, 3.63) is 57.8 Å². The monoisotopic (exact) mass is 496 g/mol. The second kappa shape index (κ2) is 7.58. The van der Waals surface area contributed by atoms with E-state index < -0.39 is 0 Å². The number of allylic oxidation sites excluding steroid dienone is 2. The van der Waals surface area contributed by atoms with Crippen molar-refractivity contribution in [2.24, 2.45) is 28.3 Å². The van der Waals surface area contributed by atoms with E-state index in [1.165, 1.54) is 17.7 Å². The smallest absolute Gasteiger partial charge is 0.261 e. The van der Waals surface area contributed by atoms with E-state index in [9.17, 15) is 9.59 Å². The van der Waals surface area contributed by atoms with Crippen LogP contribution in [0.15, 0.2) is 51.8 Å². The van der Waals surface area contributed by atoms with Crippen LogP contribution in [-0.2, 0) is 0 Å². The molecule has 2 heterocycles. The summed E-state index contributed by atoms with van der Waals surface area (Å²) in [6, 6.07) is 7.37. The minimum atomic E-state index is -0.248. The minimum absolute atomic E-state index is 0.248. The first-order valence-electron chi connectivity index (χ1n) is 11.3. The number of benzene rings is 1. The molecule has 5 aliphatic rings. The molecule has 1 unspecified atom stereocenters. The summed E-state index contributed by atoms with van der Waals surface area (Å²) in [5.74, 6) is 1.65. The van der Waals surface area contributed by atoms with E-state index in [1.54, 1.807) is 29.3 Å². The van der Waals surface area contributed by atoms with Gasteiger partial charge in [0, 0.05) is 12.6 Å². The van der Waals surface area contributed by atoms with Gasteiger partial charge in [-0.3, -0.25) is 19.5 Å². The lowest BCUT2D eigenvalue weighted by atomic mass is 9.45. The van der Waals surface area contributed by atoms with Crippen LogP contribution in [0.4, 0.5) is 0 Å². The van der Waals surface area contributed by atoms with Gasteiger partial charge in [-0.15, -0.1) is 0 Å². The topological polar surface area (TPSA) is 65.0 Å². The summed E-state index contributed by atoms with van der Waals surface area (Å²) in [5, 5.41) is 10.0. The number of amides is 2. The Morgan fingerprint density at radius 1 is 1.16 bits per heavy atom. The van der Waals surface area contributed by atoms with Gasteiger partial charge in [-0.1, -0.05) is 39.5 Å². The van der Waals surface area contributed by atoms with Crippen LogP contribution in [0.5, 0.6) is 0 Å². The Morgan fingerprint density at radius 3 is 2.41 bits per heavy atom. The van der Waals surface area contributed by atoms with Crippen LogP contribution in [0, 0.1) is 23.2 Å². The average Bonchev–Trinajstić information content (AvgIpc) is 3.02. The molecule has 3 aliphatic carbocycles. The van der Waals surface area contributed by atoms with E-state index in [4.69, 9.17) is 0 Å². The fourth-order valence-corrected chi connectivity index (χ4v) is 6.41. The highest BCUT2D eigenvalue weighted by molar-refractivity contribution is 9.12. The van der Waals surface area contributed by atoms with Crippen LogP contribution in [0.2, 0.25) is 0 Å². The van der Waals surface area contributed by atoms with Gasteiger partial charge in [0.25, 0.3) is 11.8 Å². The van der Waals surface area contributed by atoms with E-state index in [2.05, 4.69) is 53.7 Å². The Hall–Kier alpha value is -2.41. The van der Waals surface area contributed by atoms with E-state index in [0.717, 1.165) is 27.7 Å². The molecule has 1 N–H and O–H groups in total. The number of nitrogens with zero attached hydrogens (tertiary/aromatic N) is 3.